The largest absolute Gasteiger partial charge is 0.506 e. The van der Waals surface area contributed by atoms with Crippen LogP contribution in [0.15, 0.2) is 150 Å². The molecule has 2 aliphatic heterocycles. The molecule has 270 valence electrons. The van der Waals surface area contributed by atoms with Gasteiger partial charge in [-0.15, -0.1) is 0 Å². The van der Waals surface area contributed by atoms with Crippen LogP contribution < -0.4 is 9.80 Å². The Kier molecular flexibility index (Phi) is 7.47. The van der Waals surface area contributed by atoms with E-state index < -0.39 is 0 Å². The lowest BCUT2D eigenvalue weighted by atomic mass is 9.78. The van der Waals surface area contributed by atoms with Crippen LogP contribution in [0.2, 0.25) is 0 Å². The number of hydrogen-bond donors (Lipinski definition) is 2. The second-order valence-corrected chi connectivity index (χ2v) is 17.9. The molecule has 0 amide bonds. The van der Waals surface area contributed by atoms with Gasteiger partial charge < -0.3 is 20.0 Å². The molecule has 0 radical (unpaired) electrons. The molecule has 0 bridgehead atoms. The number of carbonyl (C=O) groups excluding carboxylic acids is 2. The van der Waals surface area contributed by atoms with E-state index in [-0.39, 0.29) is 33.9 Å². The molecule has 0 fully saturated rings. The lowest BCUT2D eigenvalue weighted by molar-refractivity contribution is -0.114. The second-order valence-electron chi connectivity index (χ2n) is 15.8. The Morgan fingerprint density at radius 3 is 1.31 bits per heavy atom. The highest BCUT2D eigenvalue weighted by atomic mass is 32.2. The monoisotopic (exact) mass is 748 g/mol. The first-order chi connectivity index (χ1) is 25.6. The summed E-state index contributed by atoms with van der Waals surface area (Å²) in [6.07, 6.45) is 7.31. The molecule has 8 heteroatoms. The molecular formula is C46H40N2O4S2. The van der Waals surface area contributed by atoms with Gasteiger partial charge in [0.15, 0.2) is 0 Å². The highest BCUT2D eigenvalue weighted by Crippen LogP contribution is 2.55. The number of nitrogens with zero attached hydrogens (tertiary/aromatic N) is 2. The lowest BCUT2D eigenvalue weighted by Gasteiger charge is -2.26. The zero-order chi connectivity index (χ0) is 38.2. The summed E-state index contributed by atoms with van der Waals surface area (Å²) in [6.45, 7) is 12.8. The number of benzene rings is 3. The maximum atomic E-state index is 13.5. The van der Waals surface area contributed by atoms with Gasteiger partial charge in [-0.25, -0.2) is 0 Å². The van der Waals surface area contributed by atoms with Gasteiger partial charge in [-0.3, -0.25) is 9.59 Å². The van der Waals surface area contributed by atoms with Gasteiger partial charge in [0.25, 0.3) is 0 Å². The van der Waals surface area contributed by atoms with Crippen molar-refractivity contribution in [3.05, 3.63) is 162 Å². The van der Waals surface area contributed by atoms with Gasteiger partial charge in [0.2, 0.25) is 11.6 Å². The first-order valence-electron chi connectivity index (χ1n) is 18.1. The topological polar surface area (TPSA) is 81.1 Å². The summed E-state index contributed by atoms with van der Waals surface area (Å²) < 4.78 is 0. The van der Waals surface area contributed by atoms with E-state index >= 15 is 0 Å². The first kappa shape index (κ1) is 34.6. The van der Waals surface area contributed by atoms with Crippen molar-refractivity contribution in [3.63, 3.8) is 0 Å². The quantitative estimate of drug-likeness (QED) is 0.255. The molecule has 0 unspecified atom stereocenters. The molecule has 9 rings (SSSR count). The van der Waals surface area contributed by atoms with Crippen molar-refractivity contribution in [2.75, 3.05) is 23.9 Å². The molecule has 0 aromatic heterocycles. The molecule has 4 aliphatic carbocycles. The Balaban J connectivity index is 0.949. The number of aliphatic hydroxyl groups is 2. The third kappa shape index (κ3) is 4.69. The lowest BCUT2D eigenvalue weighted by Crippen LogP contribution is -2.24. The maximum Gasteiger partial charge on any atom is 0.200 e. The number of aliphatic hydroxyl groups excluding tert-OH is 2. The number of rotatable bonds is 4. The van der Waals surface area contributed by atoms with Gasteiger partial charge in [-0.1, -0.05) is 99.7 Å². The van der Waals surface area contributed by atoms with Crippen LogP contribution >= 0.6 is 23.5 Å². The highest BCUT2D eigenvalue weighted by molar-refractivity contribution is 8.04. The summed E-state index contributed by atoms with van der Waals surface area (Å²) in [5, 5.41) is 24.0. The Labute approximate surface area is 324 Å². The van der Waals surface area contributed by atoms with Crippen LogP contribution in [0.5, 0.6) is 0 Å². The van der Waals surface area contributed by atoms with E-state index in [1.54, 1.807) is 35.7 Å². The van der Waals surface area contributed by atoms with Crippen molar-refractivity contribution >= 4 is 57.6 Å². The number of ketones is 2. The van der Waals surface area contributed by atoms with E-state index in [4.69, 9.17) is 0 Å². The fraction of sp³-hybridized carbons (Fsp3) is 0.217. The third-order valence-corrected chi connectivity index (χ3v) is 14.4. The van der Waals surface area contributed by atoms with Crippen molar-refractivity contribution in [1.29, 1.82) is 0 Å². The number of allylic oxidation sites excluding steroid dienone is 12. The average molecular weight is 749 g/mol. The summed E-state index contributed by atoms with van der Waals surface area (Å²) in [4.78, 5) is 33.1. The number of hydrogen-bond acceptors (Lipinski definition) is 8. The van der Waals surface area contributed by atoms with E-state index in [1.165, 1.54) is 22.3 Å². The number of fused-ring (bicyclic) bond motifs is 4. The van der Waals surface area contributed by atoms with Crippen molar-refractivity contribution in [3.8, 4) is 0 Å². The molecule has 0 saturated carbocycles. The van der Waals surface area contributed by atoms with Crippen LogP contribution in [0.25, 0.3) is 11.1 Å². The van der Waals surface area contributed by atoms with Crippen LogP contribution in [0.4, 0.5) is 11.4 Å². The van der Waals surface area contributed by atoms with Gasteiger partial charge in [0, 0.05) is 34.7 Å². The van der Waals surface area contributed by atoms with Crippen LogP contribution in [-0.2, 0) is 20.4 Å². The van der Waals surface area contributed by atoms with Crippen molar-refractivity contribution < 1.29 is 19.8 Å². The second kappa shape index (κ2) is 11.7. The molecule has 0 spiro atoms. The van der Waals surface area contributed by atoms with Gasteiger partial charge in [0.1, 0.15) is 11.5 Å². The molecule has 54 heavy (non-hydrogen) atoms. The minimum atomic E-state index is -0.269. The molecule has 6 nitrogen and oxygen atoms in total. The summed E-state index contributed by atoms with van der Waals surface area (Å²) in [5.74, 6) is -0.256. The summed E-state index contributed by atoms with van der Waals surface area (Å²) in [6, 6.07) is 20.9. The minimum Gasteiger partial charge on any atom is -0.506 e. The first-order valence-corrected chi connectivity index (χ1v) is 19.7. The Morgan fingerprint density at radius 2 is 0.963 bits per heavy atom. The molecule has 6 aliphatic rings. The molecule has 0 atom stereocenters. The van der Waals surface area contributed by atoms with Gasteiger partial charge in [0.05, 0.1) is 43.7 Å². The fourth-order valence-corrected chi connectivity index (χ4v) is 11.1. The van der Waals surface area contributed by atoms with Gasteiger partial charge in [-0.2, -0.15) is 0 Å². The van der Waals surface area contributed by atoms with Crippen LogP contribution in [0.1, 0.15) is 63.8 Å². The van der Waals surface area contributed by atoms with Crippen LogP contribution in [-0.4, -0.2) is 35.9 Å². The smallest absolute Gasteiger partial charge is 0.200 e. The van der Waals surface area contributed by atoms with Crippen molar-refractivity contribution in [1.82, 2.24) is 0 Å². The Bertz CT molecular complexity index is 2430. The van der Waals surface area contributed by atoms with E-state index in [0.29, 0.717) is 22.3 Å². The number of thioether (sulfide) groups is 2. The maximum absolute atomic E-state index is 13.5. The van der Waals surface area contributed by atoms with E-state index in [9.17, 15) is 19.8 Å². The number of Topliss-reactive ketones (excluding diaryl/α,β-unsaturated/α-hetero) is 2. The van der Waals surface area contributed by atoms with Crippen LogP contribution in [0.3, 0.4) is 0 Å². The number of carbonyl (C=O) groups is 2. The fourth-order valence-electron chi connectivity index (χ4n) is 8.84. The van der Waals surface area contributed by atoms with Crippen molar-refractivity contribution in [2.24, 2.45) is 0 Å². The average Bonchev–Trinajstić information content (AvgIpc) is 3.76. The van der Waals surface area contributed by atoms with Crippen LogP contribution in [0, 0.1) is 0 Å². The molecular weight excluding hydrogens is 709 g/mol. The van der Waals surface area contributed by atoms with E-state index in [2.05, 4.69) is 77.9 Å². The molecule has 0 saturated heterocycles. The minimum absolute atomic E-state index is 0.0297. The Hall–Kier alpha value is -5.18. The SMILES string of the molecule is CC1=C(C=C2C(=O)C(C=C3Sc4cc5c(cc4N3C)SC(=CC3=C(O)C(=CC4=C(C)c6ccccc6C4(C)C)C3=O)N5C)=C2O)C(C)(C)c2ccccc21. The van der Waals surface area contributed by atoms with E-state index in [0.717, 1.165) is 53.5 Å². The predicted octanol–water partition coefficient (Wildman–Crippen LogP) is 10.6. The van der Waals surface area contributed by atoms with Gasteiger partial charge >= 0.3 is 0 Å². The summed E-state index contributed by atoms with van der Waals surface area (Å²) >= 11 is 3.10. The predicted molar refractivity (Wildman–Crippen MR) is 221 cm³/mol. The summed E-state index contributed by atoms with van der Waals surface area (Å²) in [7, 11) is 3.93. The van der Waals surface area contributed by atoms with E-state index in [1.807, 2.05) is 60.3 Å². The third-order valence-electron chi connectivity index (χ3n) is 12.1. The zero-order valence-corrected chi connectivity index (χ0v) is 33.1. The van der Waals surface area contributed by atoms with Crippen molar-refractivity contribution in [2.45, 2.75) is 62.2 Å². The zero-order valence-electron chi connectivity index (χ0n) is 31.5. The summed E-state index contributed by atoms with van der Waals surface area (Å²) in [5.41, 5.74) is 12.0. The van der Waals surface area contributed by atoms with Gasteiger partial charge in [-0.05, 0) is 94.8 Å². The molecule has 3 aromatic carbocycles. The number of anilines is 2. The molecule has 2 N–H and O–H groups in total. The normalized spacial score (nSPS) is 23.7. The Morgan fingerprint density at radius 1 is 0.593 bits per heavy atom. The highest BCUT2D eigenvalue weighted by Gasteiger charge is 2.41. The molecule has 2 heterocycles. The molecule has 3 aromatic rings. The standard InChI is InChI=1S/C46H40N2O4S2/c1-23-25-13-9-11-15-31(25)45(3,4)33(23)17-27-41(49)29(42(27)50)19-39-47(7)35-21-38-36(22-37(35)53-39)48(8)40(54-38)20-30-43(51)28(44(30)52)18-34-24(2)26-14-10-12-16-32(26)46(34,5)6/h9-22,49,51H,1-8H3.